The molecule has 140 valence electrons. The van der Waals surface area contributed by atoms with Gasteiger partial charge in [0.2, 0.25) is 0 Å². The largest absolute Gasteiger partial charge is 0.334 e. The molecule has 6 heteroatoms. The van der Waals surface area contributed by atoms with Crippen LogP contribution in [0.1, 0.15) is 50.2 Å². The number of aryl methyl sites for hydroxylation is 1. The van der Waals surface area contributed by atoms with Gasteiger partial charge >= 0.3 is 6.03 Å². The summed E-state index contributed by atoms with van der Waals surface area (Å²) in [6.45, 7) is 3.81. The van der Waals surface area contributed by atoms with Crippen LogP contribution in [0, 0.1) is 5.82 Å². The van der Waals surface area contributed by atoms with E-state index in [-0.39, 0.29) is 17.9 Å². The lowest BCUT2D eigenvalue weighted by Gasteiger charge is -2.34. The minimum atomic E-state index is -0.254. The van der Waals surface area contributed by atoms with Gasteiger partial charge in [-0.15, -0.1) is 0 Å². The normalized spacial score (nSPS) is 15.0. The lowest BCUT2D eigenvalue weighted by molar-refractivity contribution is 0.150. The summed E-state index contributed by atoms with van der Waals surface area (Å²) in [7, 11) is 0. The number of carbonyl (C=O) groups is 1. The maximum absolute atomic E-state index is 13.2. The summed E-state index contributed by atoms with van der Waals surface area (Å²) in [5, 5.41) is 7.26. The average molecular weight is 358 g/mol. The molecule has 1 aromatic carbocycles. The quantitative estimate of drug-likeness (QED) is 0.846. The molecule has 5 nitrogen and oxygen atoms in total. The Morgan fingerprint density at radius 2 is 1.96 bits per heavy atom. The van der Waals surface area contributed by atoms with E-state index in [1.807, 2.05) is 22.7 Å². The number of hydrogen-bond donors (Lipinski definition) is 1. The standard InChI is InChI=1S/C20H27FN4O/c1-2-24-14-17(13-23-24)12-22-20(26)25(19-6-4-3-5-7-19)15-16-8-10-18(21)11-9-16/h8-11,13-14,19H,2-7,12,15H2,1H3,(H,22,26). The number of urea groups is 1. The van der Waals surface area contributed by atoms with Crippen LogP contribution in [0.4, 0.5) is 9.18 Å². The third kappa shape index (κ3) is 4.84. The van der Waals surface area contributed by atoms with Crippen LogP contribution in [-0.2, 0) is 19.6 Å². The first-order chi connectivity index (χ1) is 12.7. The van der Waals surface area contributed by atoms with E-state index in [9.17, 15) is 9.18 Å². The Morgan fingerprint density at radius 1 is 1.23 bits per heavy atom. The molecule has 0 radical (unpaired) electrons. The summed E-state index contributed by atoms with van der Waals surface area (Å²) in [6.07, 6.45) is 9.34. The Morgan fingerprint density at radius 3 is 2.62 bits per heavy atom. The maximum Gasteiger partial charge on any atom is 0.318 e. The minimum Gasteiger partial charge on any atom is -0.334 e. The van der Waals surface area contributed by atoms with Crippen LogP contribution in [0.15, 0.2) is 36.7 Å². The predicted molar refractivity (Wildman–Crippen MR) is 99.0 cm³/mol. The van der Waals surface area contributed by atoms with Crippen molar-refractivity contribution in [3.05, 3.63) is 53.6 Å². The van der Waals surface area contributed by atoms with Gasteiger partial charge in [0, 0.05) is 37.4 Å². The van der Waals surface area contributed by atoms with Crippen molar-refractivity contribution in [2.75, 3.05) is 0 Å². The first-order valence-corrected chi connectivity index (χ1v) is 9.46. The fraction of sp³-hybridized carbons (Fsp3) is 0.500. The summed E-state index contributed by atoms with van der Waals surface area (Å²) >= 11 is 0. The SMILES string of the molecule is CCn1cc(CNC(=O)N(Cc2ccc(F)cc2)C2CCCCC2)cn1. The fourth-order valence-electron chi connectivity index (χ4n) is 3.50. The number of carbonyl (C=O) groups excluding carboxylic acids is 1. The first-order valence-electron chi connectivity index (χ1n) is 9.46. The molecule has 1 saturated carbocycles. The van der Waals surface area contributed by atoms with Gasteiger partial charge in [0.25, 0.3) is 0 Å². The van der Waals surface area contributed by atoms with E-state index in [1.165, 1.54) is 18.6 Å². The van der Waals surface area contributed by atoms with Crippen LogP contribution in [0.2, 0.25) is 0 Å². The van der Waals surface area contributed by atoms with Crippen molar-refractivity contribution < 1.29 is 9.18 Å². The topological polar surface area (TPSA) is 50.2 Å². The van der Waals surface area contributed by atoms with E-state index in [0.717, 1.165) is 43.4 Å². The summed E-state index contributed by atoms with van der Waals surface area (Å²) in [5.74, 6) is -0.254. The molecule has 2 amide bonds. The summed E-state index contributed by atoms with van der Waals surface area (Å²) in [6, 6.07) is 6.59. The minimum absolute atomic E-state index is 0.0644. The highest BCUT2D eigenvalue weighted by Gasteiger charge is 2.25. The Labute approximate surface area is 154 Å². The smallest absolute Gasteiger partial charge is 0.318 e. The van der Waals surface area contributed by atoms with E-state index >= 15 is 0 Å². The second kappa shape index (κ2) is 8.83. The zero-order chi connectivity index (χ0) is 18.4. The van der Waals surface area contributed by atoms with E-state index in [1.54, 1.807) is 18.3 Å². The zero-order valence-electron chi connectivity index (χ0n) is 15.3. The van der Waals surface area contributed by atoms with Gasteiger partial charge in [-0.1, -0.05) is 31.4 Å². The highest BCUT2D eigenvalue weighted by Crippen LogP contribution is 2.24. The molecule has 1 heterocycles. The molecule has 0 unspecified atom stereocenters. The van der Waals surface area contributed by atoms with Crippen LogP contribution in [0.3, 0.4) is 0 Å². The molecule has 1 aliphatic carbocycles. The van der Waals surface area contributed by atoms with Crippen molar-refractivity contribution in [3.8, 4) is 0 Å². The lowest BCUT2D eigenvalue weighted by atomic mass is 9.94. The second-order valence-corrected chi connectivity index (χ2v) is 6.91. The highest BCUT2D eigenvalue weighted by atomic mass is 19.1. The summed E-state index contributed by atoms with van der Waals surface area (Å²) in [5.41, 5.74) is 1.94. The number of rotatable bonds is 6. The molecule has 1 N–H and O–H groups in total. The van der Waals surface area contributed by atoms with Crippen LogP contribution < -0.4 is 5.32 Å². The lowest BCUT2D eigenvalue weighted by Crippen LogP contribution is -2.46. The van der Waals surface area contributed by atoms with Crippen molar-refractivity contribution in [1.82, 2.24) is 20.0 Å². The Bertz CT molecular complexity index is 707. The van der Waals surface area contributed by atoms with Crippen molar-refractivity contribution >= 4 is 6.03 Å². The summed E-state index contributed by atoms with van der Waals surface area (Å²) < 4.78 is 15.0. The number of amides is 2. The van der Waals surface area contributed by atoms with E-state index in [0.29, 0.717) is 13.1 Å². The van der Waals surface area contributed by atoms with E-state index in [4.69, 9.17) is 0 Å². The van der Waals surface area contributed by atoms with Gasteiger partial charge in [0.05, 0.1) is 6.20 Å². The number of benzene rings is 1. The van der Waals surface area contributed by atoms with Crippen LogP contribution in [0.5, 0.6) is 0 Å². The third-order valence-electron chi connectivity index (χ3n) is 5.00. The van der Waals surface area contributed by atoms with Gasteiger partial charge in [-0.05, 0) is 37.5 Å². The van der Waals surface area contributed by atoms with Crippen LogP contribution in [-0.4, -0.2) is 26.8 Å². The first kappa shape index (κ1) is 18.4. The average Bonchev–Trinajstić information content (AvgIpc) is 3.14. The second-order valence-electron chi connectivity index (χ2n) is 6.91. The van der Waals surface area contributed by atoms with Crippen molar-refractivity contribution in [1.29, 1.82) is 0 Å². The molecule has 1 aliphatic rings. The van der Waals surface area contributed by atoms with Gasteiger partial charge in [-0.2, -0.15) is 5.10 Å². The molecular weight excluding hydrogens is 331 g/mol. The predicted octanol–water partition coefficient (Wildman–Crippen LogP) is 4.09. The number of nitrogens with one attached hydrogen (secondary N) is 1. The molecule has 1 fully saturated rings. The molecule has 0 bridgehead atoms. The van der Waals surface area contributed by atoms with E-state index in [2.05, 4.69) is 10.4 Å². The maximum atomic E-state index is 13.2. The number of aromatic nitrogens is 2. The molecule has 0 atom stereocenters. The summed E-state index contributed by atoms with van der Waals surface area (Å²) in [4.78, 5) is 14.8. The molecule has 0 aliphatic heterocycles. The van der Waals surface area contributed by atoms with Gasteiger partial charge in [-0.3, -0.25) is 4.68 Å². The molecule has 1 aromatic heterocycles. The van der Waals surface area contributed by atoms with Gasteiger partial charge in [0.15, 0.2) is 0 Å². The Balaban J connectivity index is 1.66. The molecule has 2 aromatic rings. The molecular formula is C20H27FN4O. The Kier molecular flexibility index (Phi) is 6.26. The molecule has 26 heavy (non-hydrogen) atoms. The fourth-order valence-corrected chi connectivity index (χ4v) is 3.50. The van der Waals surface area contributed by atoms with Gasteiger partial charge in [-0.25, -0.2) is 9.18 Å². The van der Waals surface area contributed by atoms with Gasteiger partial charge < -0.3 is 10.2 Å². The van der Waals surface area contributed by atoms with Crippen molar-refractivity contribution in [3.63, 3.8) is 0 Å². The monoisotopic (exact) mass is 358 g/mol. The third-order valence-corrected chi connectivity index (χ3v) is 5.00. The van der Waals surface area contributed by atoms with Crippen LogP contribution >= 0.6 is 0 Å². The van der Waals surface area contributed by atoms with Crippen molar-refractivity contribution in [2.45, 2.75) is 64.7 Å². The number of halogens is 1. The van der Waals surface area contributed by atoms with Crippen molar-refractivity contribution in [2.24, 2.45) is 0 Å². The van der Waals surface area contributed by atoms with Gasteiger partial charge in [0.1, 0.15) is 5.82 Å². The molecule has 0 spiro atoms. The Hall–Kier alpha value is -2.37. The molecule has 3 rings (SSSR count). The number of hydrogen-bond acceptors (Lipinski definition) is 2. The molecule has 0 saturated heterocycles. The van der Waals surface area contributed by atoms with Crippen LogP contribution in [0.25, 0.3) is 0 Å². The highest BCUT2D eigenvalue weighted by molar-refractivity contribution is 5.74. The van der Waals surface area contributed by atoms with E-state index < -0.39 is 0 Å². The zero-order valence-corrected chi connectivity index (χ0v) is 15.3. The number of nitrogens with zero attached hydrogens (tertiary/aromatic N) is 3.